The first-order chi connectivity index (χ1) is 3.43. The van der Waals surface area contributed by atoms with Crippen LogP contribution in [0.25, 0.3) is 0 Å². The van der Waals surface area contributed by atoms with Crippen molar-refractivity contribution in [2.45, 2.75) is 0 Å². The second kappa shape index (κ2) is 1.65. The predicted molar refractivity (Wildman–Crippen MR) is 25.4 cm³/mol. The van der Waals surface area contributed by atoms with Crippen molar-refractivity contribution >= 4 is 0 Å². The lowest BCUT2D eigenvalue weighted by Gasteiger charge is -1.71. The minimum atomic E-state index is 0.583. The van der Waals surface area contributed by atoms with Gasteiger partial charge in [0.2, 0.25) is 0 Å². The fraction of sp³-hybridized carbons (Fsp3) is 0. The Morgan fingerprint density at radius 2 is 2.57 bits per heavy atom. The molecule has 0 bridgehead atoms. The van der Waals surface area contributed by atoms with Gasteiger partial charge in [-0.1, -0.05) is 0 Å². The van der Waals surface area contributed by atoms with Crippen molar-refractivity contribution in [2.24, 2.45) is 0 Å². The van der Waals surface area contributed by atoms with E-state index in [9.17, 15) is 0 Å². The molecule has 0 unspecified atom stereocenters. The Kier molecular flexibility index (Phi) is 0.984. The first-order valence-electron chi connectivity index (χ1n) is 1.93. The zero-order valence-corrected chi connectivity index (χ0v) is 3.72. The molecule has 0 saturated heterocycles. The highest BCUT2D eigenvalue weighted by atomic mass is 16.3. The largest absolute Gasteiger partial charge is 0.464 e. The van der Waals surface area contributed by atoms with Gasteiger partial charge in [-0.3, -0.25) is 0 Å². The molecule has 1 nitrogen and oxygen atoms in total. The van der Waals surface area contributed by atoms with Crippen molar-refractivity contribution < 1.29 is 4.42 Å². The third-order valence-electron chi connectivity index (χ3n) is 0.663. The number of rotatable bonds is 1. The summed E-state index contributed by atoms with van der Waals surface area (Å²) in [5.41, 5.74) is 0. The van der Waals surface area contributed by atoms with E-state index < -0.39 is 0 Å². The van der Waals surface area contributed by atoms with E-state index in [4.69, 9.17) is 11.0 Å². The molecule has 1 heterocycles. The van der Waals surface area contributed by atoms with E-state index in [1.165, 1.54) is 0 Å². The van der Waals surface area contributed by atoms with Gasteiger partial charge < -0.3 is 4.42 Å². The van der Waals surface area contributed by atoms with Crippen molar-refractivity contribution in [3.63, 3.8) is 0 Å². The average molecular weight is 92.1 g/mol. The summed E-state index contributed by atoms with van der Waals surface area (Å²) in [6.45, 7) is 4.95. The van der Waals surface area contributed by atoms with Gasteiger partial charge in [0.15, 0.2) is 0 Å². The fourth-order valence-corrected chi connectivity index (χ4v) is 0.361. The lowest BCUT2D eigenvalue weighted by Crippen LogP contribution is -1.55. The van der Waals surface area contributed by atoms with E-state index in [0.29, 0.717) is 5.76 Å². The number of hydrogen-bond acceptors (Lipinski definition) is 1. The monoisotopic (exact) mass is 92.0 g/mol. The summed E-state index contributed by atoms with van der Waals surface area (Å²) in [6.07, 6.45) is 3.89. The molecule has 0 aromatic carbocycles. The van der Waals surface area contributed by atoms with Crippen LogP contribution in [0.3, 0.4) is 0 Å². The van der Waals surface area contributed by atoms with Crippen LogP contribution in [0.1, 0.15) is 5.76 Å². The summed E-state index contributed by atoms with van der Waals surface area (Å²) in [6, 6.07) is 3.50. The summed E-state index contributed by atoms with van der Waals surface area (Å²) in [5.74, 6) is 0.583. The van der Waals surface area contributed by atoms with E-state index in [1.807, 2.05) is 0 Å². The van der Waals surface area contributed by atoms with Crippen LogP contribution in [0.5, 0.6) is 0 Å². The number of hydrogen-bond donors (Lipinski definition) is 0. The first-order valence-corrected chi connectivity index (χ1v) is 1.93. The highest BCUT2D eigenvalue weighted by Crippen LogP contribution is 1.96. The van der Waals surface area contributed by atoms with Gasteiger partial charge in [-0.05, 0) is 18.7 Å². The van der Waals surface area contributed by atoms with Gasteiger partial charge in [-0.2, -0.15) is 0 Å². The van der Waals surface area contributed by atoms with Gasteiger partial charge in [0, 0.05) is 6.08 Å². The second-order valence-corrected chi connectivity index (χ2v) is 1.12. The zero-order chi connectivity index (χ0) is 5.11. The SMILES string of the molecule is [CH]=[C]c1ccco1. The molecular weight excluding hydrogens is 88.1 g/mol. The normalized spacial score (nSPS) is 8.57. The smallest absolute Gasteiger partial charge is 0.134 e. The summed E-state index contributed by atoms with van der Waals surface area (Å²) in [4.78, 5) is 0. The molecule has 2 radical (unpaired) electrons. The van der Waals surface area contributed by atoms with Crippen molar-refractivity contribution in [3.8, 4) is 0 Å². The summed E-state index contributed by atoms with van der Waals surface area (Å²) < 4.78 is 4.75. The van der Waals surface area contributed by atoms with Crippen LogP contribution in [0, 0.1) is 12.7 Å². The lowest BCUT2D eigenvalue weighted by molar-refractivity contribution is 0.546. The zero-order valence-electron chi connectivity index (χ0n) is 3.72. The molecule has 1 heteroatoms. The molecule has 1 rings (SSSR count). The molecule has 7 heavy (non-hydrogen) atoms. The van der Waals surface area contributed by atoms with E-state index in [1.54, 1.807) is 18.4 Å². The Morgan fingerprint density at radius 3 is 2.86 bits per heavy atom. The average Bonchev–Trinajstić information content (AvgIpc) is 2.14. The molecule has 1 aromatic rings. The molecule has 0 aliphatic rings. The van der Waals surface area contributed by atoms with Crippen molar-refractivity contribution in [1.82, 2.24) is 0 Å². The molecule has 0 aliphatic carbocycles. The number of furan rings is 1. The maximum Gasteiger partial charge on any atom is 0.134 e. The maximum atomic E-state index is 4.95. The summed E-state index contributed by atoms with van der Waals surface area (Å²) in [5, 5.41) is 0. The molecule has 0 saturated carbocycles. The Hall–Kier alpha value is -0.980. The van der Waals surface area contributed by atoms with Gasteiger partial charge in [0.1, 0.15) is 5.76 Å². The minimum Gasteiger partial charge on any atom is -0.464 e. The van der Waals surface area contributed by atoms with Crippen LogP contribution in [0.4, 0.5) is 0 Å². The molecule has 1 aromatic heterocycles. The van der Waals surface area contributed by atoms with Gasteiger partial charge in [-0.25, -0.2) is 0 Å². The van der Waals surface area contributed by atoms with Crippen molar-refractivity contribution in [1.29, 1.82) is 0 Å². The van der Waals surface area contributed by atoms with Gasteiger partial charge >= 0.3 is 0 Å². The van der Waals surface area contributed by atoms with Crippen LogP contribution in [-0.4, -0.2) is 0 Å². The van der Waals surface area contributed by atoms with Crippen LogP contribution in [-0.2, 0) is 0 Å². The van der Waals surface area contributed by atoms with Crippen molar-refractivity contribution in [2.75, 3.05) is 0 Å². The van der Waals surface area contributed by atoms with Gasteiger partial charge in [0.05, 0.1) is 6.26 Å². The Bertz CT molecular complexity index is 139. The summed E-state index contributed by atoms with van der Waals surface area (Å²) >= 11 is 0. The Balaban J connectivity index is 2.96. The molecule has 34 valence electrons. The third kappa shape index (κ3) is 0.712. The van der Waals surface area contributed by atoms with Gasteiger partial charge in [0.25, 0.3) is 0 Å². The topological polar surface area (TPSA) is 13.1 Å². The quantitative estimate of drug-likeness (QED) is 0.510. The van der Waals surface area contributed by atoms with E-state index >= 15 is 0 Å². The van der Waals surface area contributed by atoms with Crippen LogP contribution in [0.2, 0.25) is 0 Å². The van der Waals surface area contributed by atoms with Crippen LogP contribution in [0.15, 0.2) is 22.8 Å². The highest BCUT2D eigenvalue weighted by Gasteiger charge is 1.81. The molecule has 0 fully saturated rings. The second-order valence-electron chi connectivity index (χ2n) is 1.12. The summed E-state index contributed by atoms with van der Waals surface area (Å²) in [7, 11) is 0. The predicted octanol–water partition coefficient (Wildman–Crippen LogP) is 1.42. The molecule has 0 amide bonds. The molecule has 0 spiro atoms. The lowest BCUT2D eigenvalue weighted by atomic mass is 10.5. The Morgan fingerprint density at radius 1 is 1.71 bits per heavy atom. The van der Waals surface area contributed by atoms with Crippen LogP contribution < -0.4 is 0 Å². The molecule has 0 N–H and O–H groups in total. The van der Waals surface area contributed by atoms with E-state index in [0.717, 1.165) is 0 Å². The van der Waals surface area contributed by atoms with E-state index in [2.05, 4.69) is 6.08 Å². The van der Waals surface area contributed by atoms with Crippen LogP contribution >= 0.6 is 0 Å². The molecule has 0 atom stereocenters. The minimum absolute atomic E-state index is 0.583. The third-order valence-corrected chi connectivity index (χ3v) is 0.663. The maximum absolute atomic E-state index is 4.95. The van der Waals surface area contributed by atoms with Crippen molar-refractivity contribution in [3.05, 3.63) is 36.8 Å². The fourth-order valence-electron chi connectivity index (χ4n) is 0.361. The first kappa shape index (κ1) is 4.19. The van der Waals surface area contributed by atoms with E-state index in [-0.39, 0.29) is 0 Å². The highest BCUT2D eigenvalue weighted by molar-refractivity contribution is 5.04. The molecule has 0 aliphatic heterocycles. The Labute approximate surface area is 42.3 Å². The molecular formula is C6H4O. The van der Waals surface area contributed by atoms with Gasteiger partial charge in [-0.15, -0.1) is 0 Å². The standard InChI is InChI=1S/C6H4O/c1-2-6-4-3-5-7-6/h1,3-5H.